The molecular formula is C20H23N5O4S. The molecule has 0 unspecified atom stereocenters. The molecule has 0 aliphatic heterocycles. The maximum absolute atomic E-state index is 12.6. The largest absolute Gasteiger partial charge is 0.345 e. The standard InChI is InChI=1S/C20H23N5O4S/c1-25(2)19(26)14-10-17(23-21-11-14)30(28,29)24-20(27)22-18-15-7-3-5-12(15)9-13-6-4-8-16(13)18/h9-11H,3-8H2,1-2H3,(H2,22,24,27). The molecule has 2 N–H and O–H groups in total. The smallest absolute Gasteiger partial charge is 0.333 e. The first-order valence-electron chi connectivity index (χ1n) is 9.81. The van der Waals surface area contributed by atoms with Crippen LogP contribution >= 0.6 is 0 Å². The van der Waals surface area contributed by atoms with E-state index in [1.807, 2.05) is 4.72 Å². The number of carbonyl (C=O) groups excluding carboxylic acids is 2. The number of carbonyl (C=O) groups is 2. The van der Waals surface area contributed by atoms with Crippen molar-refractivity contribution in [2.75, 3.05) is 19.4 Å². The highest BCUT2D eigenvalue weighted by Gasteiger charge is 2.27. The van der Waals surface area contributed by atoms with Crippen LogP contribution in [-0.2, 0) is 35.7 Å². The van der Waals surface area contributed by atoms with Crippen LogP contribution in [0.5, 0.6) is 0 Å². The maximum atomic E-state index is 12.6. The van der Waals surface area contributed by atoms with Crippen LogP contribution in [0.15, 0.2) is 23.4 Å². The molecule has 0 fully saturated rings. The van der Waals surface area contributed by atoms with E-state index in [2.05, 4.69) is 21.6 Å². The fourth-order valence-corrected chi connectivity index (χ4v) is 4.97. The summed E-state index contributed by atoms with van der Waals surface area (Å²) >= 11 is 0. The van der Waals surface area contributed by atoms with Crippen LogP contribution in [0, 0.1) is 0 Å². The number of anilines is 1. The highest BCUT2D eigenvalue weighted by atomic mass is 32.2. The van der Waals surface area contributed by atoms with Crippen LogP contribution < -0.4 is 10.0 Å². The second kappa shape index (κ2) is 7.67. The van der Waals surface area contributed by atoms with E-state index in [1.165, 1.54) is 22.2 Å². The summed E-state index contributed by atoms with van der Waals surface area (Å²) in [6.45, 7) is 0. The number of benzene rings is 1. The van der Waals surface area contributed by atoms with Crippen molar-refractivity contribution in [3.63, 3.8) is 0 Å². The topological polar surface area (TPSA) is 121 Å². The van der Waals surface area contributed by atoms with Gasteiger partial charge in [-0.15, -0.1) is 5.10 Å². The molecule has 30 heavy (non-hydrogen) atoms. The second-order valence-electron chi connectivity index (χ2n) is 7.78. The molecule has 0 atom stereocenters. The van der Waals surface area contributed by atoms with Crippen molar-refractivity contribution < 1.29 is 18.0 Å². The highest BCUT2D eigenvalue weighted by molar-refractivity contribution is 7.90. The van der Waals surface area contributed by atoms with Crippen LogP contribution in [0.2, 0.25) is 0 Å². The van der Waals surface area contributed by atoms with E-state index in [-0.39, 0.29) is 5.56 Å². The number of hydrogen-bond acceptors (Lipinski definition) is 6. The van der Waals surface area contributed by atoms with Gasteiger partial charge in [0.2, 0.25) is 0 Å². The Morgan fingerprint density at radius 1 is 1.00 bits per heavy atom. The summed E-state index contributed by atoms with van der Waals surface area (Å²) in [7, 11) is -1.21. The van der Waals surface area contributed by atoms with E-state index in [9.17, 15) is 18.0 Å². The van der Waals surface area contributed by atoms with Gasteiger partial charge in [0.1, 0.15) is 0 Å². The monoisotopic (exact) mass is 429 g/mol. The van der Waals surface area contributed by atoms with Crippen molar-refractivity contribution in [2.24, 2.45) is 0 Å². The van der Waals surface area contributed by atoms with Gasteiger partial charge in [0.25, 0.3) is 15.9 Å². The summed E-state index contributed by atoms with van der Waals surface area (Å²) in [5.41, 5.74) is 5.47. The number of sulfonamides is 1. The molecule has 0 bridgehead atoms. The number of amides is 3. The number of aryl methyl sites for hydroxylation is 2. The maximum Gasteiger partial charge on any atom is 0.333 e. The predicted molar refractivity (Wildman–Crippen MR) is 110 cm³/mol. The molecule has 0 radical (unpaired) electrons. The Hall–Kier alpha value is -3.01. The molecule has 2 aromatic rings. The van der Waals surface area contributed by atoms with E-state index in [1.54, 1.807) is 14.1 Å². The minimum atomic E-state index is -4.30. The predicted octanol–water partition coefficient (Wildman–Crippen LogP) is 1.67. The molecule has 0 saturated heterocycles. The van der Waals surface area contributed by atoms with Crippen LogP contribution in [0.3, 0.4) is 0 Å². The lowest BCUT2D eigenvalue weighted by molar-refractivity contribution is 0.0826. The van der Waals surface area contributed by atoms with E-state index in [0.29, 0.717) is 0 Å². The minimum Gasteiger partial charge on any atom is -0.345 e. The van der Waals surface area contributed by atoms with E-state index in [4.69, 9.17) is 0 Å². The molecule has 0 saturated carbocycles. The molecule has 9 nitrogen and oxygen atoms in total. The molecule has 1 aromatic carbocycles. The summed E-state index contributed by atoms with van der Waals surface area (Å²) in [4.78, 5) is 26.0. The molecule has 1 aromatic heterocycles. The number of rotatable bonds is 4. The Balaban J connectivity index is 1.57. The van der Waals surface area contributed by atoms with Gasteiger partial charge in [0.15, 0.2) is 5.03 Å². The molecule has 0 spiro atoms. The molecule has 4 rings (SSSR count). The minimum absolute atomic E-state index is 0.0643. The van der Waals surface area contributed by atoms with Gasteiger partial charge < -0.3 is 10.2 Å². The summed E-state index contributed by atoms with van der Waals surface area (Å²) < 4.78 is 27.3. The summed E-state index contributed by atoms with van der Waals surface area (Å²) in [6, 6.07) is 2.48. The summed E-state index contributed by atoms with van der Waals surface area (Å²) in [5, 5.41) is 9.45. The zero-order valence-corrected chi connectivity index (χ0v) is 17.7. The third kappa shape index (κ3) is 3.74. The first-order chi connectivity index (χ1) is 14.3. The van der Waals surface area contributed by atoms with Gasteiger partial charge in [-0.1, -0.05) is 6.07 Å². The van der Waals surface area contributed by atoms with Crippen molar-refractivity contribution >= 4 is 27.6 Å². The Labute approximate surface area is 174 Å². The number of hydrogen-bond donors (Lipinski definition) is 2. The fourth-order valence-electron chi connectivity index (χ4n) is 4.13. The molecule has 10 heteroatoms. The van der Waals surface area contributed by atoms with Crippen molar-refractivity contribution in [3.8, 4) is 0 Å². The average Bonchev–Trinajstić information content (AvgIpc) is 3.36. The molecule has 3 amide bonds. The third-order valence-electron chi connectivity index (χ3n) is 5.50. The van der Waals surface area contributed by atoms with Gasteiger partial charge in [0.05, 0.1) is 11.8 Å². The number of aromatic nitrogens is 2. The normalized spacial score (nSPS) is 14.7. The average molecular weight is 430 g/mol. The Morgan fingerprint density at radius 3 is 2.23 bits per heavy atom. The number of fused-ring (bicyclic) bond motifs is 2. The van der Waals surface area contributed by atoms with Crippen molar-refractivity contribution in [1.29, 1.82) is 0 Å². The molecule has 2 aliphatic carbocycles. The fraction of sp³-hybridized carbons (Fsp3) is 0.400. The lowest BCUT2D eigenvalue weighted by atomic mass is 9.99. The van der Waals surface area contributed by atoms with E-state index < -0.39 is 27.0 Å². The zero-order valence-electron chi connectivity index (χ0n) is 16.9. The van der Waals surface area contributed by atoms with Crippen LogP contribution in [0.1, 0.15) is 45.5 Å². The number of urea groups is 1. The van der Waals surface area contributed by atoms with E-state index >= 15 is 0 Å². The highest BCUT2D eigenvalue weighted by Crippen LogP contribution is 2.38. The zero-order chi connectivity index (χ0) is 21.5. The summed E-state index contributed by atoms with van der Waals surface area (Å²) in [5.74, 6) is -0.416. The van der Waals surface area contributed by atoms with Crippen LogP contribution in [-0.4, -0.2) is 49.5 Å². The molecule has 158 valence electrons. The molecule has 1 heterocycles. The number of nitrogens with zero attached hydrogens (tertiary/aromatic N) is 3. The van der Waals surface area contributed by atoms with Crippen LogP contribution in [0.25, 0.3) is 0 Å². The van der Waals surface area contributed by atoms with Gasteiger partial charge in [-0.05, 0) is 66.8 Å². The Kier molecular flexibility index (Phi) is 5.19. The lowest BCUT2D eigenvalue weighted by Crippen LogP contribution is -2.35. The Morgan fingerprint density at radius 2 is 1.63 bits per heavy atom. The van der Waals surface area contributed by atoms with Gasteiger partial charge in [-0.25, -0.2) is 9.52 Å². The van der Waals surface area contributed by atoms with Crippen molar-refractivity contribution in [1.82, 2.24) is 19.8 Å². The molecular weight excluding hydrogens is 406 g/mol. The third-order valence-corrected chi connectivity index (χ3v) is 6.70. The Bertz CT molecular complexity index is 1110. The van der Waals surface area contributed by atoms with Gasteiger partial charge in [0, 0.05) is 19.8 Å². The summed E-state index contributed by atoms with van der Waals surface area (Å²) in [6.07, 6.45) is 6.90. The molecule has 2 aliphatic rings. The van der Waals surface area contributed by atoms with Gasteiger partial charge >= 0.3 is 6.03 Å². The second-order valence-corrected chi connectivity index (χ2v) is 9.40. The van der Waals surface area contributed by atoms with Crippen molar-refractivity contribution in [3.05, 3.63) is 46.1 Å². The number of nitrogens with one attached hydrogen (secondary N) is 2. The van der Waals surface area contributed by atoms with Gasteiger partial charge in [-0.3, -0.25) is 4.79 Å². The first kappa shape index (κ1) is 20.3. The van der Waals surface area contributed by atoms with E-state index in [0.717, 1.165) is 61.4 Å². The SMILES string of the molecule is CN(C)C(=O)c1cnnc(S(=O)(=O)NC(=O)Nc2c3c(cc4c2CCC4)CCC3)c1. The lowest BCUT2D eigenvalue weighted by Gasteiger charge is -2.16. The van der Waals surface area contributed by atoms with Crippen LogP contribution in [0.4, 0.5) is 10.5 Å². The quantitative estimate of drug-likeness (QED) is 0.762. The van der Waals surface area contributed by atoms with Gasteiger partial charge in [-0.2, -0.15) is 13.5 Å². The van der Waals surface area contributed by atoms with Crippen molar-refractivity contribution in [2.45, 2.75) is 43.6 Å². The first-order valence-corrected chi connectivity index (χ1v) is 11.3.